The van der Waals surface area contributed by atoms with Crippen LogP contribution in [0, 0.1) is 0 Å². The van der Waals surface area contributed by atoms with Crippen LogP contribution in [0.3, 0.4) is 0 Å². The molecule has 0 aliphatic heterocycles. The maximum absolute atomic E-state index is 11.2. The van der Waals surface area contributed by atoms with Gasteiger partial charge in [0.1, 0.15) is 17.3 Å². The van der Waals surface area contributed by atoms with Crippen molar-refractivity contribution in [2.24, 2.45) is 5.14 Å². The predicted octanol–water partition coefficient (Wildman–Crippen LogP) is -0.272. The zero-order valence-corrected chi connectivity index (χ0v) is 11.0. The molecule has 0 amide bonds. The molecular formula is C10H15N3O4S. The molecule has 0 saturated carbocycles. The maximum Gasteiger partial charge on any atom is 0.325 e. The molecule has 2 N–H and O–H groups in total. The number of esters is 1. The van der Waals surface area contributed by atoms with Crippen molar-refractivity contribution < 1.29 is 17.9 Å². The molecule has 18 heavy (non-hydrogen) atoms. The molecule has 1 heterocycles. The first-order valence-electron chi connectivity index (χ1n) is 5.19. The van der Waals surface area contributed by atoms with Crippen molar-refractivity contribution in [3.05, 3.63) is 18.3 Å². The number of nitrogens with two attached hydrogens (primary N) is 1. The molecule has 1 aromatic heterocycles. The molecule has 0 spiro atoms. The van der Waals surface area contributed by atoms with Crippen LogP contribution in [0.2, 0.25) is 0 Å². The number of primary sulfonamides is 1. The van der Waals surface area contributed by atoms with E-state index in [1.807, 2.05) is 6.92 Å². The number of pyridine rings is 1. The Labute approximate surface area is 106 Å². The highest BCUT2D eigenvalue weighted by Crippen LogP contribution is 2.13. The Kier molecular flexibility index (Phi) is 4.62. The molecule has 0 atom stereocenters. The molecule has 7 nitrogen and oxygen atoms in total. The number of carbonyl (C=O) groups excluding carboxylic acids is 1. The number of sulfonamides is 1. The summed E-state index contributed by atoms with van der Waals surface area (Å²) in [6, 6.07) is 2.84. The van der Waals surface area contributed by atoms with Gasteiger partial charge in [-0.25, -0.2) is 18.5 Å². The molecule has 100 valence electrons. The second-order valence-electron chi connectivity index (χ2n) is 3.49. The highest BCUT2D eigenvalue weighted by Gasteiger charge is 2.13. The zero-order valence-electron chi connectivity index (χ0n) is 10.2. The SMILES string of the molecule is CCN(CC(=O)OC)c1ccc(S(N)(=O)=O)cn1. The number of anilines is 1. The molecule has 1 rings (SSSR count). The molecule has 0 bridgehead atoms. The van der Waals surface area contributed by atoms with E-state index in [1.54, 1.807) is 4.90 Å². The van der Waals surface area contributed by atoms with Crippen molar-refractivity contribution >= 4 is 21.8 Å². The average Bonchev–Trinajstić information content (AvgIpc) is 2.34. The number of hydrogen-bond acceptors (Lipinski definition) is 6. The summed E-state index contributed by atoms with van der Waals surface area (Å²) < 4.78 is 26.7. The topological polar surface area (TPSA) is 103 Å². The fourth-order valence-electron chi connectivity index (χ4n) is 1.30. The summed E-state index contributed by atoms with van der Waals surface area (Å²) in [5.74, 6) is 0.0875. The fourth-order valence-corrected chi connectivity index (χ4v) is 1.76. The lowest BCUT2D eigenvalue weighted by atomic mass is 10.4. The van der Waals surface area contributed by atoms with E-state index in [0.29, 0.717) is 12.4 Å². The van der Waals surface area contributed by atoms with Crippen LogP contribution in [0.1, 0.15) is 6.92 Å². The average molecular weight is 273 g/mol. The van der Waals surface area contributed by atoms with Crippen LogP contribution in [0.4, 0.5) is 5.82 Å². The molecule has 0 radical (unpaired) electrons. The molecule has 0 aliphatic rings. The molecule has 0 aliphatic carbocycles. The van der Waals surface area contributed by atoms with E-state index in [-0.39, 0.29) is 11.4 Å². The molecule has 0 fully saturated rings. The molecule has 0 saturated heterocycles. The smallest absolute Gasteiger partial charge is 0.325 e. The van der Waals surface area contributed by atoms with Crippen LogP contribution < -0.4 is 10.0 Å². The van der Waals surface area contributed by atoms with E-state index in [9.17, 15) is 13.2 Å². The zero-order chi connectivity index (χ0) is 13.8. The minimum atomic E-state index is -3.75. The van der Waals surface area contributed by atoms with Crippen molar-refractivity contribution in [3.8, 4) is 0 Å². The maximum atomic E-state index is 11.2. The number of carbonyl (C=O) groups is 1. The van der Waals surface area contributed by atoms with E-state index in [0.717, 1.165) is 6.20 Å². The Morgan fingerprint density at radius 3 is 2.56 bits per heavy atom. The lowest BCUT2D eigenvalue weighted by Crippen LogP contribution is -2.31. The first kappa shape index (κ1) is 14.4. The van der Waals surface area contributed by atoms with Crippen LogP contribution in [-0.2, 0) is 19.6 Å². The number of nitrogens with zero attached hydrogens (tertiary/aromatic N) is 2. The number of ether oxygens (including phenoxy) is 1. The monoisotopic (exact) mass is 273 g/mol. The molecule has 0 unspecified atom stereocenters. The summed E-state index contributed by atoms with van der Waals surface area (Å²) in [6.07, 6.45) is 1.16. The van der Waals surface area contributed by atoms with Gasteiger partial charge in [0.25, 0.3) is 0 Å². The summed E-state index contributed by atoms with van der Waals surface area (Å²) in [4.78, 5) is 16.7. The third-order valence-corrected chi connectivity index (χ3v) is 3.20. The quantitative estimate of drug-likeness (QED) is 0.741. The summed E-state index contributed by atoms with van der Waals surface area (Å²) in [7, 11) is -2.45. The van der Waals surface area contributed by atoms with Gasteiger partial charge in [0.2, 0.25) is 10.0 Å². The first-order chi connectivity index (χ1) is 8.38. The Morgan fingerprint density at radius 1 is 1.50 bits per heavy atom. The lowest BCUT2D eigenvalue weighted by molar-refractivity contribution is -0.138. The second-order valence-corrected chi connectivity index (χ2v) is 5.05. The van der Waals surface area contributed by atoms with Gasteiger partial charge >= 0.3 is 5.97 Å². The van der Waals surface area contributed by atoms with Crippen LogP contribution in [0.15, 0.2) is 23.2 Å². The summed E-state index contributed by atoms with van der Waals surface area (Å²) in [5.41, 5.74) is 0. The van der Waals surface area contributed by atoms with E-state index in [4.69, 9.17) is 5.14 Å². The predicted molar refractivity (Wildman–Crippen MR) is 65.5 cm³/mol. The van der Waals surface area contributed by atoms with Crippen molar-refractivity contribution in [1.82, 2.24) is 4.98 Å². The number of rotatable bonds is 5. The Morgan fingerprint density at radius 2 is 2.17 bits per heavy atom. The van der Waals surface area contributed by atoms with Crippen LogP contribution >= 0.6 is 0 Å². The standard InChI is InChI=1S/C10H15N3O4S/c1-3-13(7-10(14)17-2)9-5-4-8(6-12-9)18(11,15)16/h4-6H,3,7H2,1-2H3,(H2,11,15,16). The van der Waals surface area contributed by atoms with Gasteiger partial charge in [-0.3, -0.25) is 4.79 Å². The summed E-state index contributed by atoms with van der Waals surface area (Å²) >= 11 is 0. The van der Waals surface area contributed by atoms with E-state index >= 15 is 0 Å². The van der Waals surface area contributed by atoms with Crippen molar-refractivity contribution in [2.75, 3.05) is 25.1 Å². The van der Waals surface area contributed by atoms with E-state index < -0.39 is 16.0 Å². The van der Waals surface area contributed by atoms with Crippen LogP contribution in [0.25, 0.3) is 0 Å². The first-order valence-corrected chi connectivity index (χ1v) is 6.73. The van der Waals surface area contributed by atoms with Gasteiger partial charge in [0, 0.05) is 12.7 Å². The summed E-state index contributed by atoms with van der Waals surface area (Å²) in [5, 5.41) is 4.96. The van der Waals surface area contributed by atoms with E-state index in [2.05, 4.69) is 9.72 Å². The van der Waals surface area contributed by atoms with Gasteiger partial charge in [-0.1, -0.05) is 0 Å². The third kappa shape index (κ3) is 3.67. The lowest BCUT2D eigenvalue weighted by Gasteiger charge is -2.20. The second kappa shape index (κ2) is 5.78. The number of methoxy groups -OCH3 is 1. The van der Waals surface area contributed by atoms with E-state index in [1.165, 1.54) is 19.2 Å². The minimum Gasteiger partial charge on any atom is -0.468 e. The molecule has 8 heteroatoms. The van der Waals surface area contributed by atoms with Crippen molar-refractivity contribution in [3.63, 3.8) is 0 Å². The van der Waals surface area contributed by atoms with Crippen LogP contribution in [0.5, 0.6) is 0 Å². The minimum absolute atomic E-state index is 0.0503. The highest BCUT2D eigenvalue weighted by molar-refractivity contribution is 7.89. The number of likely N-dealkylation sites (N-methyl/N-ethyl adjacent to an activating group) is 1. The Bertz CT molecular complexity index is 512. The van der Waals surface area contributed by atoms with Gasteiger partial charge in [0.05, 0.1) is 7.11 Å². The Hall–Kier alpha value is -1.67. The fraction of sp³-hybridized carbons (Fsp3) is 0.400. The van der Waals surface area contributed by atoms with Crippen molar-refractivity contribution in [2.45, 2.75) is 11.8 Å². The molecule has 1 aromatic rings. The highest BCUT2D eigenvalue weighted by atomic mass is 32.2. The van der Waals surface area contributed by atoms with Gasteiger partial charge in [-0.2, -0.15) is 0 Å². The number of hydrogen-bond donors (Lipinski definition) is 1. The van der Waals surface area contributed by atoms with Gasteiger partial charge < -0.3 is 9.64 Å². The van der Waals surface area contributed by atoms with Crippen molar-refractivity contribution in [1.29, 1.82) is 0 Å². The molecular weight excluding hydrogens is 258 g/mol. The van der Waals surface area contributed by atoms with Gasteiger partial charge in [-0.05, 0) is 19.1 Å². The third-order valence-electron chi connectivity index (χ3n) is 2.30. The normalized spacial score (nSPS) is 11.1. The summed E-state index contributed by atoms with van der Waals surface area (Å²) in [6.45, 7) is 2.43. The van der Waals surface area contributed by atoms with Gasteiger partial charge in [-0.15, -0.1) is 0 Å². The molecule has 0 aromatic carbocycles. The Balaban J connectivity index is 2.92. The van der Waals surface area contributed by atoms with Gasteiger partial charge in [0.15, 0.2) is 0 Å². The largest absolute Gasteiger partial charge is 0.468 e. The number of aromatic nitrogens is 1. The van der Waals surface area contributed by atoms with Crippen LogP contribution in [-0.4, -0.2) is 39.6 Å².